The van der Waals surface area contributed by atoms with Gasteiger partial charge in [0.15, 0.2) is 6.10 Å². The lowest BCUT2D eigenvalue weighted by Gasteiger charge is -2.43. The summed E-state index contributed by atoms with van der Waals surface area (Å²) in [5, 5.41) is 5.87. The van der Waals surface area contributed by atoms with Crippen molar-refractivity contribution in [1.29, 1.82) is 0 Å². The number of carbonyl (C=O) groups excluding carboxylic acids is 2. The molecule has 1 aliphatic heterocycles. The van der Waals surface area contributed by atoms with Crippen molar-refractivity contribution in [3.63, 3.8) is 0 Å². The minimum atomic E-state index is -3.02. The third-order valence-electron chi connectivity index (χ3n) is 7.54. The van der Waals surface area contributed by atoms with Crippen molar-refractivity contribution < 1.29 is 33.0 Å². The second kappa shape index (κ2) is 14.7. The Morgan fingerprint density at radius 2 is 1.39 bits per heavy atom. The Labute approximate surface area is 259 Å². The second-order valence-corrected chi connectivity index (χ2v) is 16.0. The van der Waals surface area contributed by atoms with Crippen molar-refractivity contribution >= 4 is 30.6 Å². The molecule has 11 heteroatoms. The highest BCUT2D eigenvalue weighted by molar-refractivity contribution is 6.99. The van der Waals surface area contributed by atoms with Gasteiger partial charge in [-0.3, -0.25) is 9.59 Å². The molecule has 10 nitrogen and oxygen atoms in total. The summed E-state index contributed by atoms with van der Waals surface area (Å²) in [5.41, 5.74) is 10.6. The quantitative estimate of drug-likeness (QED) is 0.0915. The first-order valence-electron chi connectivity index (χ1n) is 14.5. The van der Waals surface area contributed by atoms with Gasteiger partial charge in [0.25, 0.3) is 8.32 Å². The van der Waals surface area contributed by atoms with Crippen molar-refractivity contribution in [2.75, 3.05) is 6.61 Å². The summed E-state index contributed by atoms with van der Waals surface area (Å²) in [6.07, 6.45) is -4.29. The lowest BCUT2D eigenvalue weighted by molar-refractivity contribution is -0.196. The van der Waals surface area contributed by atoms with Gasteiger partial charge in [0.2, 0.25) is 6.29 Å². The van der Waals surface area contributed by atoms with Crippen LogP contribution in [0.4, 0.5) is 0 Å². The largest absolute Gasteiger partial charge is 0.453 e. The van der Waals surface area contributed by atoms with Crippen LogP contribution in [0.1, 0.15) is 40.2 Å². The Hall–Kier alpha value is -3.99. The van der Waals surface area contributed by atoms with Gasteiger partial charge in [-0.15, -0.1) is 0 Å². The Balaban J connectivity index is 1.74. The molecule has 1 saturated heterocycles. The molecule has 1 aliphatic rings. The SMILES string of the molecule is CC(=O)O[C@@H]1O[C@H]([C@@H](CO[Si](c2ccccc2)(c2ccccc2)C(C)(C)C)N=[N+]=[N-])[C@@H](OCc2ccccc2)[C@H]1OC(C)=O. The Bertz CT molecular complexity index is 1390. The number of ether oxygens (including phenoxy) is 4. The molecule has 0 spiro atoms. The first kappa shape index (κ1) is 32.9. The molecule has 0 radical (unpaired) electrons. The maximum absolute atomic E-state index is 12.2. The van der Waals surface area contributed by atoms with Gasteiger partial charge in [0.05, 0.1) is 12.6 Å². The summed E-state index contributed by atoms with van der Waals surface area (Å²) < 4.78 is 30.6. The van der Waals surface area contributed by atoms with Gasteiger partial charge in [-0.25, -0.2) is 0 Å². The van der Waals surface area contributed by atoms with E-state index in [9.17, 15) is 15.1 Å². The molecule has 0 aromatic heterocycles. The predicted molar refractivity (Wildman–Crippen MR) is 168 cm³/mol. The lowest BCUT2D eigenvalue weighted by Crippen LogP contribution is -2.67. The molecule has 1 heterocycles. The number of hydrogen-bond acceptors (Lipinski definition) is 8. The number of benzene rings is 3. The summed E-state index contributed by atoms with van der Waals surface area (Å²) in [5.74, 6) is -1.23. The maximum Gasteiger partial charge on any atom is 0.305 e. The Kier molecular flexibility index (Phi) is 11.0. The van der Waals surface area contributed by atoms with E-state index >= 15 is 0 Å². The molecule has 0 saturated carbocycles. The second-order valence-electron chi connectivity index (χ2n) is 11.7. The first-order valence-corrected chi connectivity index (χ1v) is 16.4. The minimum Gasteiger partial charge on any atom is -0.453 e. The van der Waals surface area contributed by atoms with Crippen LogP contribution in [0.15, 0.2) is 96.1 Å². The third-order valence-corrected chi connectivity index (χ3v) is 12.5. The summed E-state index contributed by atoms with van der Waals surface area (Å²) in [4.78, 5) is 27.3. The van der Waals surface area contributed by atoms with E-state index in [1.807, 2.05) is 66.7 Å². The van der Waals surface area contributed by atoms with Crippen LogP contribution in [0.2, 0.25) is 5.04 Å². The molecule has 232 valence electrons. The molecule has 5 atom stereocenters. The molecule has 3 aromatic carbocycles. The van der Waals surface area contributed by atoms with E-state index in [-0.39, 0.29) is 18.3 Å². The number of rotatable bonds is 12. The fourth-order valence-corrected chi connectivity index (χ4v) is 10.3. The van der Waals surface area contributed by atoms with Crippen LogP contribution in [0.5, 0.6) is 0 Å². The lowest BCUT2D eigenvalue weighted by atomic mass is 10.0. The number of hydrogen-bond donors (Lipinski definition) is 0. The summed E-state index contributed by atoms with van der Waals surface area (Å²) in [6, 6.07) is 28.7. The zero-order chi connectivity index (χ0) is 31.7. The van der Waals surface area contributed by atoms with Gasteiger partial charge in [-0.1, -0.05) is 117 Å². The van der Waals surface area contributed by atoms with Crippen molar-refractivity contribution in [3.8, 4) is 0 Å². The van der Waals surface area contributed by atoms with Crippen molar-refractivity contribution in [2.45, 2.75) is 76.9 Å². The average molecular weight is 618 g/mol. The fourth-order valence-electron chi connectivity index (χ4n) is 5.72. The van der Waals surface area contributed by atoms with Crippen LogP contribution in [-0.4, -0.2) is 57.5 Å². The normalized spacial score (nSPS) is 20.8. The van der Waals surface area contributed by atoms with E-state index in [0.717, 1.165) is 15.9 Å². The van der Waals surface area contributed by atoms with E-state index < -0.39 is 50.9 Å². The molecule has 4 rings (SSSR count). The van der Waals surface area contributed by atoms with Crippen LogP contribution in [-0.2, 0) is 39.6 Å². The molecular formula is C33H39N3O7Si. The zero-order valence-electron chi connectivity index (χ0n) is 25.7. The summed E-state index contributed by atoms with van der Waals surface area (Å²) >= 11 is 0. The van der Waals surface area contributed by atoms with Crippen LogP contribution < -0.4 is 10.4 Å². The van der Waals surface area contributed by atoms with Crippen molar-refractivity contribution in [3.05, 3.63) is 107 Å². The standard InChI is InChI=1S/C33H39N3O7Si/c1-23(37)41-31-30(39-21-25-15-9-6-10-16-25)29(43-32(31)42-24(2)38)28(35-36-34)22-40-44(33(3,4)5,26-17-11-7-12-18-26)27-19-13-8-14-20-27/h6-20,28-32H,21-22H2,1-5H3/t28-,29-,30-,31-,32-/m1/s1. The van der Waals surface area contributed by atoms with Crippen LogP contribution in [0, 0.1) is 0 Å². The Morgan fingerprint density at radius 1 is 0.864 bits per heavy atom. The van der Waals surface area contributed by atoms with Crippen LogP contribution in [0.3, 0.4) is 0 Å². The van der Waals surface area contributed by atoms with E-state index in [0.29, 0.717) is 0 Å². The van der Waals surface area contributed by atoms with E-state index in [2.05, 4.69) is 55.1 Å². The maximum atomic E-state index is 12.2. The first-order chi connectivity index (χ1) is 21.1. The number of esters is 2. The number of carbonyl (C=O) groups is 2. The van der Waals surface area contributed by atoms with Gasteiger partial charge in [-0.2, -0.15) is 0 Å². The number of nitrogens with zero attached hydrogens (tertiary/aromatic N) is 3. The molecule has 0 amide bonds. The predicted octanol–water partition coefficient (Wildman–Crippen LogP) is 5.05. The highest BCUT2D eigenvalue weighted by atomic mass is 28.4. The van der Waals surface area contributed by atoms with Gasteiger partial charge in [0, 0.05) is 25.4 Å². The van der Waals surface area contributed by atoms with Gasteiger partial charge >= 0.3 is 11.9 Å². The van der Waals surface area contributed by atoms with E-state index in [1.165, 1.54) is 13.8 Å². The summed E-state index contributed by atoms with van der Waals surface area (Å²) in [6.45, 7) is 9.04. The molecular weight excluding hydrogens is 578 g/mol. The molecule has 44 heavy (non-hydrogen) atoms. The zero-order valence-corrected chi connectivity index (χ0v) is 26.7. The fraction of sp³-hybridized carbons (Fsp3) is 0.394. The molecule has 0 unspecified atom stereocenters. The average Bonchev–Trinajstić information content (AvgIpc) is 3.31. The Morgan fingerprint density at radius 3 is 1.86 bits per heavy atom. The molecule has 1 fully saturated rings. The topological polar surface area (TPSA) is 129 Å². The molecule has 3 aromatic rings. The number of azide groups is 1. The smallest absolute Gasteiger partial charge is 0.305 e. The van der Waals surface area contributed by atoms with Crippen molar-refractivity contribution in [2.24, 2.45) is 5.11 Å². The minimum absolute atomic E-state index is 0.0349. The molecule has 0 aliphatic carbocycles. The van der Waals surface area contributed by atoms with Crippen LogP contribution >= 0.6 is 0 Å². The monoisotopic (exact) mass is 617 g/mol. The molecule has 0 bridgehead atoms. The third kappa shape index (κ3) is 7.55. The molecule has 0 N–H and O–H groups in total. The van der Waals surface area contributed by atoms with E-state index in [4.69, 9.17) is 23.4 Å². The highest BCUT2D eigenvalue weighted by Crippen LogP contribution is 2.38. The van der Waals surface area contributed by atoms with Crippen LogP contribution in [0.25, 0.3) is 10.4 Å². The van der Waals surface area contributed by atoms with E-state index in [1.54, 1.807) is 0 Å². The summed E-state index contributed by atoms with van der Waals surface area (Å²) in [7, 11) is -3.02. The van der Waals surface area contributed by atoms with Crippen molar-refractivity contribution in [1.82, 2.24) is 0 Å². The van der Waals surface area contributed by atoms with Gasteiger partial charge in [-0.05, 0) is 26.5 Å². The highest BCUT2D eigenvalue weighted by Gasteiger charge is 2.54. The van der Waals surface area contributed by atoms with Gasteiger partial charge in [0.1, 0.15) is 12.2 Å². The van der Waals surface area contributed by atoms with Gasteiger partial charge < -0.3 is 23.4 Å².